The van der Waals surface area contributed by atoms with Crippen molar-refractivity contribution in [2.75, 3.05) is 37.5 Å². The molecule has 10 heteroatoms. The zero-order valence-corrected chi connectivity index (χ0v) is 17.8. The van der Waals surface area contributed by atoms with Crippen molar-refractivity contribution in [1.82, 2.24) is 9.45 Å². The van der Waals surface area contributed by atoms with E-state index in [4.69, 9.17) is 16.4 Å². The lowest BCUT2D eigenvalue weighted by Gasteiger charge is -2.29. The minimum absolute atomic E-state index is 0.000772. The van der Waals surface area contributed by atoms with Gasteiger partial charge in [0, 0.05) is 31.9 Å². The minimum Gasteiger partial charge on any atom is -0.355 e. The Balaban J connectivity index is 1.88. The van der Waals surface area contributed by atoms with E-state index in [1.165, 1.54) is 38.8 Å². The summed E-state index contributed by atoms with van der Waals surface area (Å²) in [5.41, 5.74) is 0.735. The third-order valence-corrected chi connectivity index (χ3v) is 6.92. The van der Waals surface area contributed by atoms with Gasteiger partial charge >= 0.3 is 0 Å². The van der Waals surface area contributed by atoms with E-state index in [2.05, 4.69) is 15.2 Å². The summed E-state index contributed by atoms with van der Waals surface area (Å²) in [5.74, 6) is 0.255. The third-order valence-electron chi connectivity index (χ3n) is 4.76. The van der Waals surface area contributed by atoms with Gasteiger partial charge in [-0.3, -0.25) is 9.63 Å². The molecule has 0 spiro atoms. The number of piperidine rings is 1. The van der Waals surface area contributed by atoms with E-state index < -0.39 is 15.9 Å². The van der Waals surface area contributed by atoms with Crippen LogP contribution in [0.5, 0.6) is 0 Å². The van der Waals surface area contributed by atoms with Gasteiger partial charge in [-0.2, -0.15) is 0 Å². The molecule has 29 heavy (non-hydrogen) atoms. The number of sulfonamides is 1. The molecule has 156 valence electrons. The molecular formula is C19H23ClN4O4S. The van der Waals surface area contributed by atoms with Crippen molar-refractivity contribution < 1.29 is 18.0 Å². The fourth-order valence-electron chi connectivity index (χ4n) is 3.13. The van der Waals surface area contributed by atoms with Crippen molar-refractivity contribution in [1.29, 1.82) is 0 Å². The Morgan fingerprint density at radius 1 is 1.24 bits per heavy atom. The fourth-order valence-corrected chi connectivity index (χ4v) is 4.60. The topological polar surface area (TPSA) is 91.8 Å². The van der Waals surface area contributed by atoms with Gasteiger partial charge in [0.1, 0.15) is 4.90 Å². The largest absolute Gasteiger partial charge is 0.355 e. The monoisotopic (exact) mass is 438 g/mol. The second-order valence-electron chi connectivity index (χ2n) is 6.62. The number of carbonyl (C=O) groups is 1. The highest BCUT2D eigenvalue weighted by Crippen LogP contribution is 2.28. The van der Waals surface area contributed by atoms with E-state index in [0.717, 1.165) is 25.9 Å². The van der Waals surface area contributed by atoms with Gasteiger partial charge in [-0.15, -0.1) is 0 Å². The van der Waals surface area contributed by atoms with E-state index >= 15 is 0 Å². The van der Waals surface area contributed by atoms with Crippen LogP contribution in [-0.4, -0.2) is 51.0 Å². The quantitative estimate of drug-likeness (QED) is 0.696. The van der Waals surface area contributed by atoms with Crippen molar-refractivity contribution in [3.05, 3.63) is 47.1 Å². The molecule has 1 aliphatic rings. The van der Waals surface area contributed by atoms with Crippen LogP contribution < -0.4 is 10.2 Å². The number of benzene rings is 1. The second-order valence-corrected chi connectivity index (χ2v) is 8.93. The molecule has 0 unspecified atom stereocenters. The normalized spacial score (nSPS) is 14.8. The van der Waals surface area contributed by atoms with E-state index in [9.17, 15) is 13.2 Å². The van der Waals surface area contributed by atoms with Crippen LogP contribution in [0.1, 0.15) is 29.6 Å². The summed E-state index contributed by atoms with van der Waals surface area (Å²) in [4.78, 5) is 24.0. The minimum atomic E-state index is -4.00. The molecule has 3 rings (SSSR count). The molecule has 0 aliphatic carbocycles. The van der Waals surface area contributed by atoms with E-state index in [0.29, 0.717) is 16.0 Å². The summed E-state index contributed by atoms with van der Waals surface area (Å²) in [6.07, 6.45) is 5.03. The molecule has 0 atom stereocenters. The number of anilines is 2. The van der Waals surface area contributed by atoms with E-state index in [1.54, 1.807) is 18.3 Å². The maximum Gasteiger partial charge on any atom is 0.266 e. The van der Waals surface area contributed by atoms with Gasteiger partial charge in [0.2, 0.25) is 0 Å². The summed E-state index contributed by atoms with van der Waals surface area (Å²) in [7, 11) is -1.52. The Morgan fingerprint density at radius 3 is 2.66 bits per heavy atom. The smallest absolute Gasteiger partial charge is 0.266 e. The van der Waals surface area contributed by atoms with E-state index in [-0.39, 0.29) is 15.5 Å². The SMILES string of the molecule is CON(C)S(=O)(=O)c1cc(C(=O)Nc2cccnc2N2CCCCC2)ccc1Cl. The first kappa shape index (κ1) is 21.5. The fraction of sp³-hybridized carbons (Fsp3) is 0.368. The highest BCUT2D eigenvalue weighted by molar-refractivity contribution is 7.89. The molecule has 0 saturated carbocycles. The van der Waals surface area contributed by atoms with Crippen LogP contribution in [0.4, 0.5) is 11.5 Å². The molecule has 8 nitrogen and oxygen atoms in total. The van der Waals surface area contributed by atoms with Crippen LogP contribution in [0, 0.1) is 0 Å². The van der Waals surface area contributed by atoms with Crippen molar-refractivity contribution in [3.8, 4) is 0 Å². The van der Waals surface area contributed by atoms with E-state index in [1.807, 2.05) is 0 Å². The summed E-state index contributed by atoms with van der Waals surface area (Å²) >= 11 is 6.06. The van der Waals surface area contributed by atoms with Gasteiger partial charge in [0.05, 0.1) is 17.8 Å². The zero-order chi connectivity index (χ0) is 21.0. The Morgan fingerprint density at radius 2 is 1.97 bits per heavy atom. The number of amides is 1. The average Bonchev–Trinajstić information content (AvgIpc) is 2.74. The van der Waals surface area contributed by atoms with Crippen molar-refractivity contribution in [3.63, 3.8) is 0 Å². The average molecular weight is 439 g/mol. The molecule has 1 aromatic carbocycles. The van der Waals surface area contributed by atoms with Crippen LogP contribution in [0.3, 0.4) is 0 Å². The van der Waals surface area contributed by atoms with Crippen LogP contribution in [0.25, 0.3) is 0 Å². The molecule has 1 fully saturated rings. The lowest BCUT2D eigenvalue weighted by Crippen LogP contribution is -2.31. The predicted molar refractivity (Wildman–Crippen MR) is 112 cm³/mol. The maximum absolute atomic E-state index is 12.8. The first-order chi connectivity index (χ1) is 13.8. The summed E-state index contributed by atoms with van der Waals surface area (Å²) in [6.45, 7) is 1.76. The molecule has 1 saturated heterocycles. The molecule has 1 aliphatic heterocycles. The molecular weight excluding hydrogens is 416 g/mol. The number of carbonyl (C=O) groups excluding carboxylic acids is 1. The second kappa shape index (κ2) is 9.08. The lowest BCUT2D eigenvalue weighted by atomic mass is 10.1. The first-order valence-electron chi connectivity index (χ1n) is 9.18. The summed E-state index contributed by atoms with van der Waals surface area (Å²) < 4.78 is 25.8. The van der Waals surface area contributed by atoms with Crippen LogP contribution >= 0.6 is 11.6 Å². The Hall–Kier alpha value is -2.20. The number of hydroxylamine groups is 1. The number of hydrogen-bond donors (Lipinski definition) is 1. The molecule has 1 aromatic heterocycles. The Kier molecular flexibility index (Phi) is 6.74. The van der Waals surface area contributed by atoms with Gasteiger partial charge in [-0.05, 0) is 49.6 Å². The number of hydrogen-bond acceptors (Lipinski definition) is 6. The van der Waals surface area contributed by atoms with Gasteiger partial charge in [-0.1, -0.05) is 16.1 Å². The molecule has 2 heterocycles. The van der Waals surface area contributed by atoms with Gasteiger partial charge < -0.3 is 10.2 Å². The molecule has 0 radical (unpaired) electrons. The van der Waals surface area contributed by atoms with Gasteiger partial charge in [0.15, 0.2) is 5.82 Å². The highest BCUT2D eigenvalue weighted by atomic mass is 35.5. The van der Waals surface area contributed by atoms with Crippen molar-refractivity contribution in [2.24, 2.45) is 0 Å². The Bertz CT molecular complexity index is 993. The highest BCUT2D eigenvalue weighted by Gasteiger charge is 2.25. The lowest BCUT2D eigenvalue weighted by molar-refractivity contribution is -0.0258. The molecule has 0 bridgehead atoms. The summed E-state index contributed by atoms with van der Waals surface area (Å²) in [6, 6.07) is 7.61. The van der Waals surface area contributed by atoms with Crippen LogP contribution in [0.15, 0.2) is 41.4 Å². The number of halogens is 1. The molecule has 2 aromatic rings. The summed E-state index contributed by atoms with van der Waals surface area (Å²) in [5, 5.41) is 2.84. The number of nitrogens with one attached hydrogen (secondary N) is 1. The number of nitrogens with zero attached hydrogens (tertiary/aromatic N) is 3. The predicted octanol–water partition coefficient (Wildman–Crippen LogP) is 3.16. The van der Waals surface area contributed by atoms with Crippen molar-refractivity contribution >= 4 is 39.0 Å². The zero-order valence-electron chi connectivity index (χ0n) is 16.3. The van der Waals surface area contributed by atoms with Crippen molar-refractivity contribution in [2.45, 2.75) is 24.2 Å². The number of rotatable bonds is 6. The Labute approximate surface area is 175 Å². The first-order valence-corrected chi connectivity index (χ1v) is 11.0. The molecule has 1 amide bonds. The maximum atomic E-state index is 12.8. The number of aromatic nitrogens is 1. The van der Waals surface area contributed by atoms with Crippen LogP contribution in [0.2, 0.25) is 5.02 Å². The molecule has 1 N–H and O–H groups in total. The number of pyridine rings is 1. The standard InChI is InChI=1S/C19H23ClN4O4S/c1-23(28-2)29(26,27)17-13-14(8-9-15(17)20)19(25)22-16-7-6-10-21-18(16)24-11-4-3-5-12-24/h6-10,13H,3-5,11-12H2,1-2H3,(H,22,25). The van der Waals surface area contributed by atoms with Crippen LogP contribution in [-0.2, 0) is 14.9 Å². The van der Waals surface area contributed by atoms with Gasteiger partial charge in [0.25, 0.3) is 15.9 Å². The van der Waals surface area contributed by atoms with Gasteiger partial charge in [-0.25, -0.2) is 13.4 Å². The third kappa shape index (κ3) is 4.69.